The molecular weight excluding hydrogens is 1930 g/mol. The molecule has 0 unspecified atom stereocenters. The molecule has 7 aromatic rings. The second-order valence-electron chi connectivity index (χ2n) is 34.4. The number of alkyl halides is 3. The molecule has 0 radical (unpaired) electrons. The average Bonchev–Trinajstić information content (AvgIpc) is 0.816. The van der Waals surface area contributed by atoms with Gasteiger partial charge in [-0.1, -0.05) is 256 Å². The van der Waals surface area contributed by atoms with Gasteiger partial charge >= 0.3 is 6.18 Å². The van der Waals surface area contributed by atoms with Crippen LogP contribution in [-0.4, -0.2) is 92.7 Å². The molecule has 0 aliphatic carbocycles. The molecule has 0 spiro atoms. The summed E-state index contributed by atoms with van der Waals surface area (Å²) < 4.78 is 117. The first kappa shape index (κ1) is 131. The van der Waals surface area contributed by atoms with Crippen molar-refractivity contribution in [3.05, 3.63) is 221 Å². The van der Waals surface area contributed by atoms with Crippen LogP contribution in [0.4, 0.5) is 96.4 Å². The Kier molecular flexibility index (Phi) is 78.1. The van der Waals surface area contributed by atoms with Crippen molar-refractivity contribution in [1.29, 1.82) is 0 Å². The zero-order chi connectivity index (χ0) is 104. The van der Waals surface area contributed by atoms with Gasteiger partial charge in [-0.25, -0.2) is 26.3 Å². The fourth-order valence-electron chi connectivity index (χ4n) is 14.1. The lowest BCUT2D eigenvalue weighted by Crippen LogP contribution is -2.12. The minimum atomic E-state index is -4.56. The molecule has 0 aliphatic heterocycles. The van der Waals surface area contributed by atoms with E-state index in [-0.39, 0.29) is 33.5 Å². The number of hydrogen-bond donors (Lipinski definition) is 7. The van der Waals surface area contributed by atoms with Gasteiger partial charge in [-0.2, -0.15) is 13.2 Å². The van der Waals surface area contributed by atoms with Crippen LogP contribution in [0.5, 0.6) is 0 Å². The fraction of sp³-hybridized carbons (Fsp3) is 0.611. The molecule has 0 saturated carbocycles. The lowest BCUT2D eigenvalue weighted by molar-refractivity contribution is -0.385. The van der Waals surface area contributed by atoms with E-state index in [1.165, 1.54) is 233 Å². The Morgan fingerprint density at radius 1 is 0.271 bits per heavy atom. The van der Waals surface area contributed by atoms with Crippen LogP contribution in [0.1, 0.15) is 338 Å². The summed E-state index contributed by atoms with van der Waals surface area (Å²) in [5.74, 6) is 1.59. The van der Waals surface area contributed by atoms with Crippen molar-refractivity contribution < 1.29 is 54.3 Å². The van der Waals surface area contributed by atoms with Crippen LogP contribution in [0.2, 0.25) is 0 Å². The molecule has 7 rings (SSSR count). The van der Waals surface area contributed by atoms with E-state index in [1.54, 1.807) is 59.6 Å². The van der Waals surface area contributed by atoms with E-state index in [0.29, 0.717) is 84.4 Å². The number of hydrogen-bond acceptors (Lipinski definition) is 20. The van der Waals surface area contributed by atoms with E-state index in [0.717, 1.165) is 115 Å². The maximum atomic E-state index is 13.7. The van der Waals surface area contributed by atoms with Gasteiger partial charge in [0.15, 0.2) is 5.82 Å². The topological polar surface area (TPSA) is 214 Å². The van der Waals surface area contributed by atoms with Crippen molar-refractivity contribution >= 4 is 139 Å². The van der Waals surface area contributed by atoms with Crippen molar-refractivity contribution in [2.24, 2.45) is 0 Å². The van der Waals surface area contributed by atoms with Crippen molar-refractivity contribution in [3.8, 4) is 0 Å². The lowest BCUT2D eigenvalue weighted by Gasteiger charge is -2.17. The number of non-ortho nitro benzene ring substituents is 1. The van der Waals surface area contributed by atoms with Crippen molar-refractivity contribution in [2.75, 3.05) is 78.4 Å². The number of unbranched alkanes of at least 4 members (excludes halogenated alkanes) is 14. The van der Waals surface area contributed by atoms with Gasteiger partial charge in [-0.3, -0.25) is 30.3 Å². The van der Waals surface area contributed by atoms with Crippen LogP contribution < -0.4 is 37.2 Å². The third-order valence-electron chi connectivity index (χ3n) is 23.0. The SMILES string of the molecule is CCCCC[C@H](CC)SCNc1ccc(C)cc1.CCCCC[C@H](CC)SCNc1ccc(C)cc1[N+](=O)[O-].CCCCC[C@H](CC)SCNc1ccc(F)cc1.CCCCC[C@H](CC)SCNc1ccc(F)cc1C(F)(F)F.CCCCC[C@H](CC)SCNc1ccc(F)cc1F.CCCCC[C@H](CC)SCNc1ccc(F)cc1[N+](=O)[O-].CCCCC[C@H](CC)SCNc1ccc([N+](=O)[O-])cc1F. The molecule has 32 heteroatoms. The third kappa shape index (κ3) is 63.4. The van der Waals surface area contributed by atoms with Gasteiger partial charge in [0.1, 0.15) is 40.5 Å². The van der Waals surface area contributed by atoms with Crippen molar-refractivity contribution in [2.45, 2.75) is 378 Å². The minimum Gasteiger partial charge on any atom is -0.376 e. The summed E-state index contributed by atoms with van der Waals surface area (Å²) in [4.78, 5) is 31.0. The summed E-state index contributed by atoms with van der Waals surface area (Å²) in [6.45, 7) is 34.8. The Morgan fingerprint density at radius 2 is 0.521 bits per heavy atom. The summed E-state index contributed by atoms with van der Waals surface area (Å²) in [7, 11) is 0. The Morgan fingerprint density at radius 3 is 0.821 bits per heavy atom. The van der Waals surface area contributed by atoms with Crippen LogP contribution in [0, 0.1) is 79.1 Å². The standard InChI is InChI=1S/C16H23F4NS.C16H26N2O2S.C16H27NS.C15H23F2NS.2C15H23FN2O2S.C15H24FNS/c1-3-5-6-7-13(4-2)22-11-21-15-9-8-12(17)10-14(15)16(18,19)20;1-4-6-7-8-14(5-2)21-12-17-15-10-9-13(3)11-16(15)18(19)20;1-4-6-7-8-16(5-2)18-13-17-15-11-9-14(3)10-12-15;1-3-5-6-7-13(4-2)19-11-18-15-9-8-12(16)10-14(15)17;1-3-5-6-7-13(4-2)21-11-17-15-9-8-12(18(19)20)10-14(15)16;1-3-5-6-7-13(4-2)21-11-17-14-9-8-12(16)10-15(14)18(19)20;1-3-5-6-7-15(4-2)18-12-17-14-10-8-13(16)9-11-14/h8-10,13,21H,3-7,11H2,1-2H3;9-11,14,17H,4-8,12H2,1-3H3;9-12,16-17H,4-8,13H2,1-3H3;8-10,13,18H,3-7,11H2,1-2H3;2*8-10,13,17H,3-7,11H2,1-2H3;8-11,15,17H,3-7,12H2,1-2H3/t13-;14-;16-;3*13-;15-/m0000000/s1. The van der Waals surface area contributed by atoms with E-state index in [4.69, 9.17) is 0 Å². The number of nitrogens with one attached hydrogen (secondary N) is 7. The highest BCUT2D eigenvalue weighted by atomic mass is 32.2. The Balaban J connectivity index is 0.000000818. The highest BCUT2D eigenvalue weighted by Crippen LogP contribution is 2.38. The maximum absolute atomic E-state index is 13.7. The first-order chi connectivity index (χ1) is 67.3. The Labute approximate surface area is 865 Å². The molecule has 7 atom stereocenters. The molecule has 16 nitrogen and oxygen atoms in total. The molecule has 7 N–H and O–H groups in total. The average molecular weight is 2100 g/mol. The van der Waals surface area contributed by atoms with Crippen LogP contribution >= 0.6 is 82.3 Å². The largest absolute Gasteiger partial charge is 0.418 e. The molecule has 0 fully saturated rings. The summed E-state index contributed by atoms with van der Waals surface area (Å²) in [5.41, 5.74) is 4.83. The van der Waals surface area contributed by atoms with Crippen LogP contribution in [0.25, 0.3) is 0 Å². The van der Waals surface area contributed by atoms with Gasteiger partial charge in [-0.15, -0.1) is 82.3 Å². The predicted octanol–water partition coefficient (Wildman–Crippen LogP) is 38.2. The van der Waals surface area contributed by atoms with Crippen molar-refractivity contribution in [1.82, 2.24) is 0 Å². The monoisotopic (exact) mass is 2100 g/mol. The Hall–Kier alpha value is -6.84. The second-order valence-corrected chi connectivity index (χ2v) is 43.4. The van der Waals surface area contributed by atoms with Gasteiger partial charge in [0.05, 0.1) is 85.0 Å². The maximum Gasteiger partial charge on any atom is 0.418 e. The van der Waals surface area contributed by atoms with Crippen molar-refractivity contribution in [3.63, 3.8) is 0 Å². The highest BCUT2D eigenvalue weighted by molar-refractivity contribution is 8.01. The number of rotatable bonds is 66. The lowest BCUT2D eigenvalue weighted by atomic mass is 10.1. The molecule has 0 aliphatic rings. The number of aryl methyl sites for hydroxylation is 2. The fourth-order valence-corrected chi connectivity index (χ4v) is 21.5. The van der Waals surface area contributed by atoms with Crippen LogP contribution in [0.15, 0.2) is 140 Å². The zero-order valence-electron chi connectivity index (χ0n) is 86.6. The minimum absolute atomic E-state index is 0.0650. The van der Waals surface area contributed by atoms with Gasteiger partial charge < -0.3 is 37.2 Å². The molecule has 0 aromatic heterocycles. The second kappa shape index (κ2) is 83.3. The van der Waals surface area contributed by atoms with Gasteiger partial charge in [0.25, 0.3) is 17.1 Å². The van der Waals surface area contributed by atoms with E-state index in [1.807, 2.05) is 48.3 Å². The zero-order valence-corrected chi connectivity index (χ0v) is 92.3. The number of benzene rings is 7. The summed E-state index contributed by atoms with van der Waals surface area (Å²) >= 11 is 12.8. The number of nitro benzene ring substituents is 3. The van der Waals surface area contributed by atoms with E-state index >= 15 is 0 Å². The number of halogens is 9. The van der Waals surface area contributed by atoms with Crippen LogP contribution in [-0.2, 0) is 6.18 Å². The number of nitro groups is 3. The number of thioether (sulfide) groups is 7. The molecule has 0 saturated heterocycles. The highest BCUT2D eigenvalue weighted by Gasteiger charge is 2.34. The number of anilines is 7. The number of nitrogens with zero attached hydrogens (tertiary/aromatic N) is 3. The quantitative estimate of drug-likeness (QED) is 0.00621. The molecule has 792 valence electrons. The van der Waals surface area contributed by atoms with Crippen LogP contribution in [0.3, 0.4) is 0 Å². The first-order valence-electron chi connectivity index (χ1n) is 51.1. The molecule has 0 bridgehead atoms. The van der Waals surface area contributed by atoms with Gasteiger partial charge in [0, 0.05) is 72.0 Å². The Bertz CT molecular complexity index is 4170. The normalized spacial score (nSPS) is 12.4. The van der Waals surface area contributed by atoms with E-state index < -0.39 is 50.7 Å². The summed E-state index contributed by atoms with van der Waals surface area (Å²) in [5, 5.41) is 58.7. The van der Waals surface area contributed by atoms with Gasteiger partial charge in [0.2, 0.25) is 0 Å². The van der Waals surface area contributed by atoms with E-state index in [9.17, 15) is 69.9 Å². The van der Waals surface area contributed by atoms with Gasteiger partial charge in [-0.05, 0) is 200 Å². The molecule has 0 heterocycles. The molecule has 140 heavy (non-hydrogen) atoms. The first-order valence-corrected chi connectivity index (χ1v) is 58.4. The summed E-state index contributed by atoms with van der Waals surface area (Å²) in [6.07, 6.45) is 38.4. The predicted molar refractivity (Wildman–Crippen MR) is 599 cm³/mol. The third-order valence-corrected chi connectivity index (χ3v) is 32.4. The smallest absolute Gasteiger partial charge is 0.376 e. The summed E-state index contributed by atoms with van der Waals surface area (Å²) in [6, 6.07) is 34.2. The molecular formula is C108H169F9N10O6S7. The molecule has 0 amide bonds. The van der Waals surface area contributed by atoms with E-state index in [2.05, 4.69) is 177 Å². The molecule has 7 aromatic carbocycles.